The summed E-state index contributed by atoms with van der Waals surface area (Å²) in [5, 5.41) is 8.20. The van der Waals surface area contributed by atoms with E-state index in [1.807, 2.05) is 4.90 Å². The van der Waals surface area contributed by atoms with E-state index in [1.165, 1.54) is 0 Å². The molecule has 3 heterocycles. The van der Waals surface area contributed by atoms with Crippen LogP contribution in [0.5, 0.6) is 0 Å². The zero-order valence-corrected chi connectivity index (χ0v) is 13.2. The van der Waals surface area contributed by atoms with Crippen molar-refractivity contribution in [3.63, 3.8) is 0 Å². The summed E-state index contributed by atoms with van der Waals surface area (Å²) in [6, 6.07) is 0.558. The highest BCUT2D eigenvalue weighted by molar-refractivity contribution is 5.79. The number of piperidine rings is 1. The fourth-order valence-corrected chi connectivity index (χ4v) is 3.08. The van der Waals surface area contributed by atoms with Crippen molar-refractivity contribution in [1.82, 2.24) is 15.1 Å². The molecule has 0 aliphatic carbocycles. The van der Waals surface area contributed by atoms with Crippen molar-refractivity contribution < 1.29 is 13.9 Å². The number of aryl methyl sites for hydroxylation is 1. The number of ether oxygens (including phenoxy) is 1. The van der Waals surface area contributed by atoms with Crippen molar-refractivity contribution in [3.05, 3.63) is 5.89 Å². The van der Waals surface area contributed by atoms with Crippen LogP contribution in [0.1, 0.15) is 32.1 Å². The molecule has 0 aromatic carbocycles. The number of anilines is 1. The van der Waals surface area contributed by atoms with E-state index in [0.717, 1.165) is 32.2 Å². The number of amides is 1. The summed E-state index contributed by atoms with van der Waals surface area (Å²) >= 11 is 0. The van der Waals surface area contributed by atoms with E-state index in [1.54, 1.807) is 0 Å². The molecule has 1 amide bonds. The summed E-state index contributed by atoms with van der Waals surface area (Å²) in [6.07, 6.45) is 3.70. The first kappa shape index (κ1) is 15.3. The fraction of sp³-hybridized carbons (Fsp3) is 0.800. The van der Waals surface area contributed by atoms with Gasteiger partial charge in [0.1, 0.15) is 0 Å². The highest BCUT2D eigenvalue weighted by atomic mass is 16.5. The highest BCUT2D eigenvalue weighted by Gasteiger charge is 2.31. The average molecular weight is 308 g/mol. The molecule has 22 heavy (non-hydrogen) atoms. The molecule has 0 saturated carbocycles. The number of rotatable bonds is 4. The van der Waals surface area contributed by atoms with Gasteiger partial charge in [-0.25, -0.2) is 0 Å². The molecular formula is C15H24N4O3. The van der Waals surface area contributed by atoms with Crippen molar-refractivity contribution >= 4 is 11.9 Å². The van der Waals surface area contributed by atoms with Crippen LogP contribution < -0.4 is 4.90 Å². The first-order chi connectivity index (χ1) is 10.8. The van der Waals surface area contributed by atoms with Gasteiger partial charge in [-0.3, -0.25) is 4.79 Å². The Kier molecular flexibility index (Phi) is 4.92. The minimum atomic E-state index is 0.0216. The molecule has 1 aromatic rings. The van der Waals surface area contributed by atoms with Crippen molar-refractivity contribution in [2.24, 2.45) is 5.92 Å². The lowest BCUT2D eigenvalue weighted by atomic mass is 9.96. The van der Waals surface area contributed by atoms with Crippen molar-refractivity contribution in [2.45, 2.75) is 32.6 Å². The van der Waals surface area contributed by atoms with Gasteiger partial charge < -0.3 is 19.0 Å². The Bertz CT molecular complexity index is 499. The van der Waals surface area contributed by atoms with E-state index >= 15 is 0 Å². The summed E-state index contributed by atoms with van der Waals surface area (Å²) in [4.78, 5) is 16.6. The van der Waals surface area contributed by atoms with Crippen LogP contribution >= 0.6 is 0 Å². The minimum Gasteiger partial charge on any atom is -0.408 e. The molecule has 7 heteroatoms. The van der Waals surface area contributed by atoms with Gasteiger partial charge in [-0.15, -0.1) is 5.10 Å². The van der Waals surface area contributed by atoms with Crippen molar-refractivity contribution in [1.29, 1.82) is 0 Å². The first-order valence-corrected chi connectivity index (χ1v) is 8.21. The molecule has 0 radical (unpaired) electrons. The molecule has 0 N–H and O–H groups in total. The van der Waals surface area contributed by atoms with Crippen LogP contribution in [-0.2, 0) is 16.0 Å². The maximum atomic E-state index is 12.6. The topological polar surface area (TPSA) is 71.7 Å². The quantitative estimate of drug-likeness (QED) is 0.829. The molecule has 1 unspecified atom stereocenters. The minimum absolute atomic E-state index is 0.0216. The lowest BCUT2D eigenvalue weighted by molar-refractivity contribution is -0.139. The number of aromatic nitrogens is 2. The van der Waals surface area contributed by atoms with E-state index in [2.05, 4.69) is 22.0 Å². The predicted molar refractivity (Wildman–Crippen MR) is 80.6 cm³/mol. The van der Waals surface area contributed by atoms with Crippen molar-refractivity contribution in [3.8, 4) is 0 Å². The van der Waals surface area contributed by atoms with Gasteiger partial charge in [-0.1, -0.05) is 12.0 Å². The fourth-order valence-electron chi connectivity index (χ4n) is 3.08. The lowest BCUT2D eigenvalue weighted by Gasteiger charge is -2.35. The standard InChI is InChI=1S/C15H24N4O3/c1-2-4-13-16-17-15(22-13)19-6-3-5-12(11-19)14(20)18-7-9-21-10-8-18/h12H,2-11H2,1H3. The Balaban J connectivity index is 1.61. The summed E-state index contributed by atoms with van der Waals surface area (Å²) in [6.45, 7) is 6.33. The summed E-state index contributed by atoms with van der Waals surface area (Å²) in [5.74, 6) is 0.939. The maximum absolute atomic E-state index is 12.6. The third-order valence-electron chi connectivity index (χ3n) is 4.28. The molecule has 0 spiro atoms. The normalized spacial score (nSPS) is 22.9. The van der Waals surface area contributed by atoms with Gasteiger partial charge in [0, 0.05) is 32.6 Å². The molecule has 7 nitrogen and oxygen atoms in total. The number of nitrogens with zero attached hydrogens (tertiary/aromatic N) is 4. The van der Waals surface area contributed by atoms with Crippen LogP contribution in [0, 0.1) is 5.92 Å². The van der Waals surface area contributed by atoms with Gasteiger partial charge in [0.2, 0.25) is 11.8 Å². The molecule has 1 aromatic heterocycles. The van der Waals surface area contributed by atoms with E-state index in [0.29, 0.717) is 44.8 Å². The van der Waals surface area contributed by atoms with Crippen LogP contribution in [0.25, 0.3) is 0 Å². The van der Waals surface area contributed by atoms with Crippen LogP contribution in [0.3, 0.4) is 0 Å². The van der Waals surface area contributed by atoms with E-state index < -0.39 is 0 Å². The first-order valence-electron chi connectivity index (χ1n) is 8.21. The van der Waals surface area contributed by atoms with E-state index in [-0.39, 0.29) is 11.8 Å². The molecule has 1 atom stereocenters. The van der Waals surface area contributed by atoms with Gasteiger partial charge in [0.15, 0.2) is 0 Å². The average Bonchev–Trinajstić information content (AvgIpc) is 3.04. The van der Waals surface area contributed by atoms with Gasteiger partial charge in [-0.2, -0.15) is 0 Å². The molecular weight excluding hydrogens is 284 g/mol. The molecule has 2 saturated heterocycles. The second-order valence-electron chi connectivity index (χ2n) is 5.95. The summed E-state index contributed by atoms with van der Waals surface area (Å²) in [7, 11) is 0. The van der Waals surface area contributed by atoms with Gasteiger partial charge in [0.05, 0.1) is 19.1 Å². The van der Waals surface area contributed by atoms with E-state index in [9.17, 15) is 4.79 Å². The number of hydrogen-bond acceptors (Lipinski definition) is 6. The van der Waals surface area contributed by atoms with E-state index in [4.69, 9.17) is 9.15 Å². The highest BCUT2D eigenvalue weighted by Crippen LogP contribution is 2.24. The molecule has 0 bridgehead atoms. The number of morpholine rings is 1. The van der Waals surface area contributed by atoms with Gasteiger partial charge in [0.25, 0.3) is 0 Å². The van der Waals surface area contributed by atoms with Crippen LogP contribution in [0.4, 0.5) is 6.01 Å². The third-order valence-corrected chi connectivity index (χ3v) is 4.28. The molecule has 3 rings (SSSR count). The Morgan fingerprint density at radius 1 is 1.27 bits per heavy atom. The molecule has 122 valence electrons. The Labute approximate surface area is 130 Å². The second kappa shape index (κ2) is 7.09. The SMILES string of the molecule is CCCc1nnc(N2CCCC(C(=O)N3CCOCC3)C2)o1. The van der Waals surface area contributed by atoms with Crippen LogP contribution in [0.2, 0.25) is 0 Å². The number of carbonyl (C=O) groups is 1. The lowest BCUT2D eigenvalue weighted by Crippen LogP contribution is -2.48. The maximum Gasteiger partial charge on any atom is 0.318 e. The van der Waals surface area contributed by atoms with Crippen LogP contribution in [0.15, 0.2) is 4.42 Å². The van der Waals surface area contributed by atoms with Gasteiger partial charge >= 0.3 is 6.01 Å². The molecule has 2 aliphatic heterocycles. The summed E-state index contributed by atoms with van der Waals surface area (Å²) in [5.41, 5.74) is 0. The Hall–Kier alpha value is -1.63. The Morgan fingerprint density at radius 3 is 2.86 bits per heavy atom. The molecule has 2 fully saturated rings. The van der Waals surface area contributed by atoms with Gasteiger partial charge in [-0.05, 0) is 19.3 Å². The van der Waals surface area contributed by atoms with Crippen molar-refractivity contribution in [2.75, 3.05) is 44.3 Å². The predicted octanol–water partition coefficient (Wildman–Crippen LogP) is 1.10. The zero-order chi connectivity index (χ0) is 15.4. The number of carbonyl (C=O) groups excluding carboxylic acids is 1. The molecule has 2 aliphatic rings. The smallest absolute Gasteiger partial charge is 0.318 e. The Morgan fingerprint density at radius 2 is 2.09 bits per heavy atom. The monoisotopic (exact) mass is 308 g/mol. The zero-order valence-electron chi connectivity index (χ0n) is 13.2. The summed E-state index contributed by atoms with van der Waals surface area (Å²) < 4.78 is 11.0. The third kappa shape index (κ3) is 3.40. The second-order valence-corrected chi connectivity index (χ2v) is 5.95. The largest absolute Gasteiger partial charge is 0.408 e. The van der Waals surface area contributed by atoms with Crippen LogP contribution in [-0.4, -0.2) is 60.4 Å². The number of hydrogen-bond donors (Lipinski definition) is 0.